The molecule has 0 amide bonds. The predicted molar refractivity (Wildman–Crippen MR) is 91.1 cm³/mol. The number of nitrogens with zero attached hydrogens (tertiary/aromatic N) is 4. The highest BCUT2D eigenvalue weighted by atomic mass is 35.5. The van der Waals surface area contributed by atoms with Crippen LogP contribution in [-0.2, 0) is 12.8 Å². The van der Waals surface area contributed by atoms with Crippen molar-refractivity contribution in [3.05, 3.63) is 23.3 Å². The van der Waals surface area contributed by atoms with Crippen molar-refractivity contribution in [2.75, 3.05) is 13.1 Å². The molecule has 0 atom stereocenters. The molecule has 1 N–H and O–H groups in total. The van der Waals surface area contributed by atoms with Gasteiger partial charge in [-0.15, -0.1) is 22.6 Å². The molecule has 126 valence electrons. The Morgan fingerprint density at radius 2 is 2.00 bits per heavy atom. The molecule has 2 aliphatic rings. The molecule has 1 aliphatic heterocycles. The van der Waals surface area contributed by atoms with Crippen molar-refractivity contribution in [1.29, 1.82) is 0 Å². The van der Waals surface area contributed by atoms with Crippen molar-refractivity contribution in [2.45, 2.75) is 48.4 Å². The number of hydrogen-bond acceptors (Lipinski definition) is 6. The maximum Gasteiger partial charge on any atom is 0.191 e. The number of rotatable bonds is 5. The van der Waals surface area contributed by atoms with Gasteiger partial charge in [0, 0.05) is 30.7 Å². The van der Waals surface area contributed by atoms with E-state index in [0.717, 1.165) is 54.1 Å². The second-order valence-electron chi connectivity index (χ2n) is 6.21. The maximum atomic E-state index is 5.39. The summed E-state index contributed by atoms with van der Waals surface area (Å²) in [4.78, 5) is 0. The zero-order valence-electron chi connectivity index (χ0n) is 13.2. The highest BCUT2D eigenvalue weighted by Crippen LogP contribution is 2.40. The van der Waals surface area contributed by atoms with Crippen LogP contribution >= 0.6 is 24.2 Å². The van der Waals surface area contributed by atoms with Gasteiger partial charge < -0.3 is 14.4 Å². The Labute approximate surface area is 146 Å². The molecule has 0 unspecified atom stereocenters. The molecule has 6 nitrogen and oxygen atoms in total. The molecule has 3 heterocycles. The quantitative estimate of drug-likeness (QED) is 0.832. The first-order valence-corrected chi connectivity index (χ1v) is 8.98. The lowest BCUT2D eigenvalue weighted by molar-refractivity contribution is 0.380. The van der Waals surface area contributed by atoms with E-state index in [4.69, 9.17) is 4.52 Å². The highest BCUT2D eigenvalue weighted by Gasteiger charge is 2.28. The van der Waals surface area contributed by atoms with Crippen LogP contribution in [0.2, 0.25) is 0 Å². The molecule has 1 saturated carbocycles. The Morgan fingerprint density at radius 3 is 2.74 bits per heavy atom. The Morgan fingerprint density at radius 1 is 1.22 bits per heavy atom. The Bertz CT molecular complexity index is 648. The largest absolute Gasteiger partial charge is 0.361 e. The van der Waals surface area contributed by atoms with Crippen LogP contribution in [0, 0.1) is 0 Å². The van der Waals surface area contributed by atoms with Crippen LogP contribution < -0.4 is 5.32 Å². The van der Waals surface area contributed by atoms with E-state index in [-0.39, 0.29) is 12.4 Å². The van der Waals surface area contributed by atoms with Crippen molar-refractivity contribution >= 4 is 24.2 Å². The Hall–Kier alpha value is -1.05. The summed E-state index contributed by atoms with van der Waals surface area (Å²) in [6.45, 7) is 2.14. The summed E-state index contributed by atoms with van der Waals surface area (Å²) >= 11 is 1.68. The monoisotopic (exact) mass is 355 g/mol. The molecule has 2 aromatic rings. The SMILES string of the molecule is Cl.Cn1c(SCc2cc(C3CC3)on2)nnc1C1CCNCC1. The molecule has 0 aromatic carbocycles. The van der Waals surface area contributed by atoms with Crippen LogP contribution in [0.4, 0.5) is 0 Å². The fourth-order valence-corrected chi connectivity index (χ4v) is 3.78. The lowest BCUT2D eigenvalue weighted by atomic mass is 9.97. The molecule has 1 aliphatic carbocycles. The molecule has 0 radical (unpaired) electrons. The third-order valence-electron chi connectivity index (χ3n) is 4.48. The first kappa shape index (κ1) is 16.8. The normalized spacial score (nSPS) is 18.8. The third-order valence-corrected chi connectivity index (χ3v) is 5.53. The zero-order valence-corrected chi connectivity index (χ0v) is 14.8. The summed E-state index contributed by atoms with van der Waals surface area (Å²) in [5.41, 5.74) is 0.998. The fraction of sp³-hybridized carbons (Fsp3) is 0.667. The summed E-state index contributed by atoms with van der Waals surface area (Å²) in [6.07, 6.45) is 4.77. The Balaban J connectivity index is 0.00000156. The molecule has 0 bridgehead atoms. The van der Waals surface area contributed by atoms with E-state index in [2.05, 4.69) is 38.4 Å². The van der Waals surface area contributed by atoms with E-state index in [1.54, 1.807) is 11.8 Å². The molecule has 8 heteroatoms. The minimum Gasteiger partial charge on any atom is -0.361 e. The van der Waals surface area contributed by atoms with Gasteiger partial charge in [0.2, 0.25) is 0 Å². The van der Waals surface area contributed by atoms with Crippen molar-refractivity contribution in [2.24, 2.45) is 7.05 Å². The van der Waals surface area contributed by atoms with Gasteiger partial charge in [-0.2, -0.15) is 0 Å². The van der Waals surface area contributed by atoms with Gasteiger partial charge in [-0.3, -0.25) is 0 Å². The van der Waals surface area contributed by atoms with Crippen molar-refractivity contribution in [3.8, 4) is 0 Å². The molecule has 0 spiro atoms. The third kappa shape index (κ3) is 3.72. The van der Waals surface area contributed by atoms with Gasteiger partial charge in [-0.05, 0) is 38.8 Å². The first-order valence-electron chi connectivity index (χ1n) is 7.99. The number of nitrogens with one attached hydrogen (secondary N) is 1. The van der Waals surface area contributed by atoms with Crippen molar-refractivity contribution < 1.29 is 4.52 Å². The minimum absolute atomic E-state index is 0. The number of thioether (sulfide) groups is 1. The van der Waals surface area contributed by atoms with E-state index in [1.165, 1.54) is 12.8 Å². The number of halogens is 1. The summed E-state index contributed by atoms with van der Waals surface area (Å²) in [5.74, 6) is 4.09. The number of aromatic nitrogens is 4. The van der Waals surface area contributed by atoms with E-state index in [9.17, 15) is 0 Å². The van der Waals surface area contributed by atoms with Gasteiger partial charge in [-0.1, -0.05) is 16.9 Å². The lowest BCUT2D eigenvalue weighted by Gasteiger charge is -2.21. The van der Waals surface area contributed by atoms with Crippen LogP contribution in [0.3, 0.4) is 0 Å². The first-order chi connectivity index (χ1) is 10.8. The van der Waals surface area contributed by atoms with E-state index in [0.29, 0.717) is 11.8 Å². The van der Waals surface area contributed by atoms with Crippen LogP contribution in [0.5, 0.6) is 0 Å². The highest BCUT2D eigenvalue weighted by molar-refractivity contribution is 7.98. The molecular weight excluding hydrogens is 334 g/mol. The minimum atomic E-state index is 0. The molecule has 23 heavy (non-hydrogen) atoms. The summed E-state index contributed by atoms with van der Waals surface area (Å²) in [7, 11) is 2.07. The zero-order chi connectivity index (χ0) is 14.9. The van der Waals surface area contributed by atoms with Crippen molar-refractivity contribution in [1.82, 2.24) is 25.2 Å². The average Bonchev–Trinajstić information content (AvgIpc) is 3.18. The molecule has 1 saturated heterocycles. The topological polar surface area (TPSA) is 68.8 Å². The van der Waals surface area contributed by atoms with E-state index in [1.807, 2.05) is 0 Å². The van der Waals surface area contributed by atoms with Crippen LogP contribution in [0.15, 0.2) is 15.7 Å². The maximum absolute atomic E-state index is 5.39. The van der Waals surface area contributed by atoms with E-state index < -0.39 is 0 Å². The molecule has 2 aromatic heterocycles. The Kier molecular flexibility index (Phi) is 5.28. The average molecular weight is 356 g/mol. The van der Waals surface area contributed by atoms with Crippen LogP contribution in [0.25, 0.3) is 0 Å². The number of piperidine rings is 1. The van der Waals surface area contributed by atoms with Crippen molar-refractivity contribution in [3.63, 3.8) is 0 Å². The van der Waals surface area contributed by atoms with Gasteiger partial charge in [-0.25, -0.2) is 0 Å². The fourth-order valence-electron chi connectivity index (χ4n) is 2.98. The second-order valence-corrected chi connectivity index (χ2v) is 7.15. The van der Waals surface area contributed by atoms with Crippen LogP contribution in [0.1, 0.15) is 54.8 Å². The summed E-state index contributed by atoms with van der Waals surface area (Å²) in [5, 5.41) is 17.3. The smallest absolute Gasteiger partial charge is 0.191 e. The number of hydrogen-bond donors (Lipinski definition) is 1. The molecular formula is C15H22ClN5OS. The lowest BCUT2D eigenvalue weighted by Crippen LogP contribution is -2.27. The molecule has 2 fully saturated rings. The van der Waals surface area contributed by atoms with Gasteiger partial charge in [0.25, 0.3) is 0 Å². The van der Waals surface area contributed by atoms with Gasteiger partial charge in [0.15, 0.2) is 5.16 Å². The van der Waals surface area contributed by atoms with E-state index >= 15 is 0 Å². The summed E-state index contributed by atoms with van der Waals surface area (Å²) < 4.78 is 7.54. The predicted octanol–water partition coefficient (Wildman–Crippen LogP) is 2.86. The van der Waals surface area contributed by atoms with Gasteiger partial charge in [0.05, 0.1) is 5.69 Å². The second kappa shape index (κ2) is 7.23. The van der Waals surface area contributed by atoms with Crippen LogP contribution in [-0.4, -0.2) is 33.0 Å². The standard InChI is InChI=1S/C15H21N5OS.ClH/c1-20-14(11-4-6-16-7-5-11)17-18-15(20)22-9-12-8-13(21-19-12)10-2-3-10;/h8,10-11,16H,2-7,9H2,1H3;1H. The van der Waals surface area contributed by atoms with Gasteiger partial charge >= 0.3 is 0 Å². The van der Waals surface area contributed by atoms with Gasteiger partial charge in [0.1, 0.15) is 11.6 Å². The summed E-state index contributed by atoms with van der Waals surface area (Å²) in [6, 6.07) is 2.09. The molecule has 4 rings (SSSR count).